The number of imidazole rings is 1. The lowest BCUT2D eigenvalue weighted by atomic mass is 10.2. The monoisotopic (exact) mass is 505 g/mol. The third-order valence-electron chi connectivity index (χ3n) is 5.14. The van der Waals surface area contributed by atoms with E-state index in [9.17, 15) is 18.0 Å². The Morgan fingerprint density at radius 1 is 1.17 bits per heavy atom. The number of hydrogen-bond acceptors (Lipinski definition) is 8. The minimum Gasteiger partial charge on any atom is -0.450 e. The van der Waals surface area contributed by atoms with Gasteiger partial charge in [-0.3, -0.25) is 4.79 Å². The van der Waals surface area contributed by atoms with Crippen molar-refractivity contribution in [1.82, 2.24) is 34.1 Å². The van der Waals surface area contributed by atoms with Gasteiger partial charge in [0.1, 0.15) is 16.2 Å². The number of anilines is 3. The number of aromatic nitrogens is 7. The van der Waals surface area contributed by atoms with E-state index >= 15 is 0 Å². The van der Waals surface area contributed by atoms with Crippen molar-refractivity contribution in [3.8, 4) is 11.5 Å². The molecule has 0 aliphatic rings. The molecule has 35 heavy (non-hydrogen) atoms. The Kier molecular flexibility index (Phi) is 5.24. The zero-order valence-electron chi connectivity index (χ0n) is 18.0. The van der Waals surface area contributed by atoms with E-state index in [0.29, 0.717) is 34.9 Å². The smallest absolute Gasteiger partial charge is 0.417 e. The van der Waals surface area contributed by atoms with Gasteiger partial charge in [-0.1, -0.05) is 11.6 Å². The van der Waals surface area contributed by atoms with Crippen LogP contribution in [0.25, 0.3) is 16.7 Å². The summed E-state index contributed by atoms with van der Waals surface area (Å²) in [5, 5.41) is 9.94. The lowest BCUT2D eigenvalue weighted by Gasteiger charge is -2.10. The lowest BCUT2D eigenvalue weighted by Crippen LogP contribution is -2.16. The molecule has 0 fully saturated rings. The van der Waals surface area contributed by atoms with E-state index in [1.807, 2.05) is 0 Å². The van der Waals surface area contributed by atoms with E-state index in [1.54, 1.807) is 31.0 Å². The first-order chi connectivity index (χ1) is 16.7. The highest BCUT2D eigenvalue weighted by Crippen LogP contribution is 2.38. The lowest BCUT2D eigenvalue weighted by molar-refractivity contribution is -0.137. The summed E-state index contributed by atoms with van der Waals surface area (Å²) < 4.78 is 48.2. The molecular formula is C20H15ClF3N9O2. The first-order valence-electron chi connectivity index (χ1n) is 9.93. The van der Waals surface area contributed by atoms with Gasteiger partial charge in [0.15, 0.2) is 28.5 Å². The van der Waals surface area contributed by atoms with Crippen LogP contribution in [0.5, 0.6) is 11.5 Å². The Balaban J connectivity index is 1.53. The van der Waals surface area contributed by atoms with Gasteiger partial charge in [-0.2, -0.15) is 23.3 Å². The van der Waals surface area contributed by atoms with Gasteiger partial charge in [-0.05, 0) is 6.07 Å². The molecule has 3 N–H and O–H groups in total. The number of rotatable bonds is 5. The molecule has 0 aliphatic carbocycles. The number of halogens is 4. The van der Waals surface area contributed by atoms with Crippen molar-refractivity contribution in [3.05, 3.63) is 58.0 Å². The maximum atomic E-state index is 13.1. The molecule has 0 saturated carbocycles. The fourth-order valence-electron chi connectivity index (χ4n) is 3.45. The fraction of sp³-hybridized carbons (Fsp3) is 0.150. The Morgan fingerprint density at radius 3 is 2.71 bits per heavy atom. The summed E-state index contributed by atoms with van der Waals surface area (Å²) in [5.41, 5.74) is -1.03. The molecule has 5 rings (SSSR count). The number of fused-ring (bicyclic) bond motifs is 2. The summed E-state index contributed by atoms with van der Waals surface area (Å²) in [6.07, 6.45) is 2.05. The molecule has 15 heteroatoms. The second kappa shape index (κ2) is 8.16. The maximum Gasteiger partial charge on any atom is 0.417 e. The molecule has 180 valence electrons. The van der Waals surface area contributed by atoms with E-state index in [-0.39, 0.29) is 28.1 Å². The number of hydrogen-bond donors (Lipinski definition) is 3. The number of aromatic amines is 1. The van der Waals surface area contributed by atoms with E-state index < -0.39 is 17.3 Å². The molecule has 0 atom stereocenters. The predicted octanol–water partition coefficient (Wildman–Crippen LogP) is 3.95. The topological polar surface area (TPSA) is 127 Å². The van der Waals surface area contributed by atoms with Crippen LogP contribution in [0.1, 0.15) is 5.56 Å². The average Bonchev–Trinajstić information content (AvgIpc) is 3.37. The summed E-state index contributed by atoms with van der Waals surface area (Å²) in [6, 6.07) is 0.695. The largest absolute Gasteiger partial charge is 0.450 e. The summed E-state index contributed by atoms with van der Waals surface area (Å²) in [7, 11) is 3.27. The zero-order valence-corrected chi connectivity index (χ0v) is 18.7. The molecule has 0 spiro atoms. The second-order valence-corrected chi connectivity index (χ2v) is 7.66. The first kappa shape index (κ1) is 22.5. The third kappa shape index (κ3) is 3.86. The molecule has 0 aromatic carbocycles. The zero-order chi connectivity index (χ0) is 24.9. The quantitative estimate of drug-likeness (QED) is 0.328. The predicted molar refractivity (Wildman–Crippen MR) is 121 cm³/mol. The summed E-state index contributed by atoms with van der Waals surface area (Å²) in [4.78, 5) is 26.9. The normalized spacial score (nSPS) is 11.8. The van der Waals surface area contributed by atoms with Gasteiger partial charge < -0.3 is 24.9 Å². The molecule has 11 nitrogen and oxygen atoms in total. The van der Waals surface area contributed by atoms with Crippen LogP contribution in [0.4, 0.5) is 30.6 Å². The van der Waals surface area contributed by atoms with E-state index in [1.165, 1.54) is 17.0 Å². The Morgan fingerprint density at radius 2 is 1.97 bits per heavy atom. The molecule has 0 bridgehead atoms. The minimum atomic E-state index is -4.63. The maximum absolute atomic E-state index is 13.1. The van der Waals surface area contributed by atoms with Crippen molar-refractivity contribution >= 4 is 45.7 Å². The molecule has 5 heterocycles. The number of nitrogens with zero attached hydrogens (tertiary/aromatic N) is 6. The van der Waals surface area contributed by atoms with Gasteiger partial charge in [-0.25, -0.2) is 14.5 Å². The molecule has 0 amide bonds. The van der Waals surface area contributed by atoms with Crippen LogP contribution in [0, 0.1) is 0 Å². The van der Waals surface area contributed by atoms with E-state index in [0.717, 1.165) is 0 Å². The molecule has 5 aromatic heterocycles. The summed E-state index contributed by atoms with van der Waals surface area (Å²) in [6.45, 7) is 0. The average molecular weight is 506 g/mol. The van der Waals surface area contributed by atoms with Crippen molar-refractivity contribution in [2.75, 3.05) is 17.7 Å². The van der Waals surface area contributed by atoms with Crippen LogP contribution >= 0.6 is 11.6 Å². The van der Waals surface area contributed by atoms with Crippen LogP contribution in [-0.2, 0) is 13.2 Å². The summed E-state index contributed by atoms with van der Waals surface area (Å²) >= 11 is 6.59. The highest BCUT2D eigenvalue weighted by atomic mass is 35.5. The Hall–Kier alpha value is -4.33. The molecular weight excluding hydrogens is 491 g/mol. The van der Waals surface area contributed by atoms with Crippen LogP contribution in [-0.4, -0.2) is 41.2 Å². The van der Waals surface area contributed by atoms with Gasteiger partial charge in [0, 0.05) is 32.7 Å². The number of H-pyrrole nitrogens is 1. The van der Waals surface area contributed by atoms with Crippen LogP contribution in [0.15, 0.2) is 41.8 Å². The van der Waals surface area contributed by atoms with E-state index in [2.05, 4.69) is 35.7 Å². The Bertz CT molecular complexity index is 1640. The van der Waals surface area contributed by atoms with Crippen molar-refractivity contribution in [1.29, 1.82) is 0 Å². The number of aryl methyl sites for hydroxylation is 1. The molecule has 5 aromatic rings. The number of alkyl halides is 3. The number of nitrogens with one attached hydrogen (secondary N) is 3. The number of pyridine rings is 2. The minimum absolute atomic E-state index is 0.0500. The first-order valence-corrected chi connectivity index (χ1v) is 10.3. The van der Waals surface area contributed by atoms with Gasteiger partial charge >= 0.3 is 6.18 Å². The van der Waals surface area contributed by atoms with Crippen molar-refractivity contribution in [2.45, 2.75) is 6.18 Å². The van der Waals surface area contributed by atoms with Gasteiger partial charge in [0.05, 0.1) is 18.0 Å². The molecule has 0 unspecified atom stereocenters. The highest BCUT2D eigenvalue weighted by molar-refractivity contribution is 6.36. The van der Waals surface area contributed by atoms with Gasteiger partial charge in [0.2, 0.25) is 5.95 Å². The van der Waals surface area contributed by atoms with Crippen molar-refractivity contribution < 1.29 is 17.9 Å². The molecule has 0 aliphatic heterocycles. The SMILES string of the molecule is CNc1nccn2ncc(Oc3cnc4nc(Nc5cc(C(F)(F)F)c[nH]c5=O)n(C)c4c3Cl)c12. The van der Waals surface area contributed by atoms with Crippen molar-refractivity contribution in [2.24, 2.45) is 7.05 Å². The Labute approximate surface area is 198 Å². The second-order valence-electron chi connectivity index (χ2n) is 7.29. The van der Waals surface area contributed by atoms with Gasteiger partial charge in [0.25, 0.3) is 5.56 Å². The number of ether oxygens (including phenoxy) is 1. The van der Waals surface area contributed by atoms with E-state index in [4.69, 9.17) is 16.3 Å². The van der Waals surface area contributed by atoms with Crippen LogP contribution < -0.4 is 20.9 Å². The molecule has 0 saturated heterocycles. The highest BCUT2D eigenvalue weighted by Gasteiger charge is 2.31. The fourth-order valence-corrected chi connectivity index (χ4v) is 3.75. The van der Waals surface area contributed by atoms with Crippen LogP contribution in [0.3, 0.4) is 0 Å². The molecule has 0 radical (unpaired) electrons. The van der Waals surface area contributed by atoms with Crippen LogP contribution in [0.2, 0.25) is 5.02 Å². The summed E-state index contributed by atoms with van der Waals surface area (Å²) in [5.74, 6) is 1.13. The third-order valence-corrected chi connectivity index (χ3v) is 5.50. The van der Waals surface area contributed by atoms with Gasteiger partial charge in [-0.15, -0.1) is 0 Å². The standard InChI is InChI=1S/C20H15ClF3N9O2/c1-25-16-14-12(8-29-33(14)4-3-26-16)35-11-7-27-17-15(13(11)21)32(2)19(31-17)30-10-5-9(20(22,23)24)6-28-18(10)34/h3-8H,1-2H3,(H,25,26)(H,28,34)(H,27,30,31). The van der Waals surface area contributed by atoms with Crippen molar-refractivity contribution in [3.63, 3.8) is 0 Å².